The maximum absolute atomic E-state index is 5.86. The first kappa shape index (κ1) is 14.3. The third-order valence-corrected chi connectivity index (χ3v) is 3.37. The van der Waals surface area contributed by atoms with Crippen molar-refractivity contribution in [2.24, 2.45) is 0 Å². The molecule has 3 aromatic rings. The summed E-state index contributed by atoms with van der Waals surface area (Å²) in [6, 6.07) is 15.9. The molecule has 112 valence electrons. The molecule has 0 bridgehead atoms. The van der Waals surface area contributed by atoms with E-state index < -0.39 is 0 Å². The molecule has 0 amide bonds. The molecule has 1 heterocycles. The average Bonchev–Trinajstić information content (AvgIpc) is 2.97. The summed E-state index contributed by atoms with van der Waals surface area (Å²) in [4.78, 5) is 4.44. The van der Waals surface area contributed by atoms with Crippen LogP contribution in [-0.2, 0) is 0 Å². The molecule has 3 rings (SSSR count). The van der Waals surface area contributed by atoms with Gasteiger partial charge in [-0.3, -0.25) is 0 Å². The molecule has 0 aliphatic heterocycles. The van der Waals surface area contributed by atoms with Gasteiger partial charge in [-0.15, -0.1) is 0 Å². The minimum Gasteiger partial charge on any atom is -0.481 e. The highest BCUT2D eigenvalue weighted by atomic mass is 16.5. The summed E-state index contributed by atoms with van der Waals surface area (Å²) in [5.41, 5.74) is 3.25. The van der Waals surface area contributed by atoms with E-state index in [9.17, 15) is 0 Å². The molecule has 0 unspecified atom stereocenters. The lowest BCUT2D eigenvalue weighted by atomic mass is 10.1. The van der Waals surface area contributed by atoms with Crippen LogP contribution in [0.25, 0.3) is 11.4 Å². The fourth-order valence-electron chi connectivity index (χ4n) is 2.24. The SMILES string of the molecule is Cc1cccc(O[C@H](C)c2nc(-c3cccc(C)c3)no2)c1. The number of nitrogens with zero attached hydrogens (tertiary/aromatic N) is 2. The van der Waals surface area contributed by atoms with E-state index in [1.807, 2.05) is 69.3 Å². The van der Waals surface area contributed by atoms with Crippen molar-refractivity contribution in [1.29, 1.82) is 0 Å². The number of rotatable bonds is 4. The molecular weight excluding hydrogens is 276 g/mol. The summed E-state index contributed by atoms with van der Waals surface area (Å²) in [5, 5.41) is 4.04. The molecule has 1 atom stereocenters. The van der Waals surface area contributed by atoms with Crippen molar-refractivity contribution >= 4 is 0 Å². The van der Waals surface area contributed by atoms with E-state index in [-0.39, 0.29) is 6.10 Å². The molecule has 0 aliphatic carbocycles. The Balaban J connectivity index is 1.78. The van der Waals surface area contributed by atoms with E-state index in [1.54, 1.807) is 0 Å². The summed E-state index contributed by atoms with van der Waals surface area (Å²) in [5.74, 6) is 1.85. The second-order valence-electron chi connectivity index (χ2n) is 5.40. The van der Waals surface area contributed by atoms with Gasteiger partial charge in [0.1, 0.15) is 5.75 Å². The average molecular weight is 294 g/mol. The summed E-state index contributed by atoms with van der Waals surface area (Å²) < 4.78 is 11.2. The molecule has 0 radical (unpaired) electrons. The van der Waals surface area contributed by atoms with Gasteiger partial charge in [-0.2, -0.15) is 4.98 Å². The Morgan fingerprint density at radius 2 is 1.73 bits per heavy atom. The van der Waals surface area contributed by atoms with Gasteiger partial charge in [-0.25, -0.2) is 0 Å². The highest BCUT2D eigenvalue weighted by Gasteiger charge is 2.17. The van der Waals surface area contributed by atoms with Crippen molar-refractivity contribution in [2.75, 3.05) is 0 Å². The van der Waals surface area contributed by atoms with Crippen LogP contribution < -0.4 is 4.74 Å². The number of hydrogen-bond donors (Lipinski definition) is 0. The minimum absolute atomic E-state index is 0.298. The van der Waals surface area contributed by atoms with Gasteiger partial charge in [-0.05, 0) is 44.5 Å². The standard InChI is InChI=1S/C18H18N2O2/c1-12-6-4-8-15(10-12)17-19-18(22-20-17)14(3)21-16-9-5-7-13(2)11-16/h4-11,14H,1-3H3/t14-/m1/s1. The van der Waals surface area contributed by atoms with Crippen molar-refractivity contribution < 1.29 is 9.26 Å². The Morgan fingerprint density at radius 3 is 2.45 bits per heavy atom. The van der Waals surface area contributed by atoms with Gasteiger partial charge >= 0.3 is 0 Å². The Hall–Kier alpha value is -2.62. The van der Waals surface area contributed by atoms with E-state index in [2.05, 4.69) is 10.1 Å². The maximum Gasteiger partial charge on any atom is 0.267 e. The van der Waals surface area contributed by atoms with Crippen LogP contribution in [0.15, 0.2) is 53.1 Å². The molecule has 0 saturated heterocycles. The normalized spacial score (nSPS) is 12.1. The zero-order valence-electron chi connectivity index (χ0n) is 12.9. The minimum atomic E-state index is -0.298. The Kier molecular flexibility index (Phi) is 3.92. The van der Waals surface area contributed by atoms with Gasteiger partial charge < -0.3 is 9.26 Å². The Morgan fingerprint density at radius 1 is 1.00 bits per heavy atom. The summed E-state index contributed by atoms with van der Waals surface area (Å²) in [6.07, 6.45) is -0.298. The monoisotopic (exact) mass is 294 g/mol. The lowest BCUT2D eigenvalue weighted by Crippen LogP contribution is -2.03. The largest absolute Gasteiger partial charge is 0.481 e. The number of ether oxygens (including phenoxy) is 1. The van der Waals surface area contributed by atoms with Gasteiger partial charge in [0.15, 0.2) is 6.10 Å². The van der Waals surface area contributed by atoms with E-state index in [0.29, 0.717) is 11.7 Å². The number of benzene rings is 2. The van der Waals surface area contributed by atoms with Crippen LogP contribution in [0.4, 0.5) is 0 Å². The van der Waals surface area contributed by atoms with Gasteiger partial charge in [0.25, 0.3) is 5.89 Å². The Labute approximate surface area is 129 Å². The predicted molar refractivity (Wildman–Crippen MR) is 84.7 cm³/mol. The van der Waals surface area contributed by atoms with Gasteiger partial charge in [0, 0.05) is 5.56 Å². The molecule has 0 aliphatic rings. The molecule has 2 aromatic carbocycles. The lowest BCUT2D eigenvalue weighted by molar-refractivity contribution is 0.175. The van der Waals surface area contributed by atoms with Gasteiger partial charge in [-0.1, -0.05) is 41.1 Å². The van der Waals surface area contributed by atoms with Crippen molar-refractivity contribution in [2.45, 2.75) is 26.9 Å². The molecule has 22 heavy (non-hydrogen) atoms. The smallest absolute Gasteiger partial charge is 0.267 e. The Bertz CT molecular complexity index is 780. The topological polar surface area (TPSA) is 48.2 Å². The van der Waals surface area contributed by atoms with E-state index in [1.165, 1.54) is 0 Å². The first-order valence-corrected chi connectivity index (χ1v) is 7.26. The van der Waals surface area contributed by atoms with Crippen molar-refractivity contribution in [3.63, 3.8) is 0 Å². The summed E-state index contributed by atoms with van der Waals surface area (Å²) in [7, 11) is 0. The maximum atomic E-state index is 5.86. The van der Waals surface area contributed by atoms with E-state index >= 15 is 0 Å². The van der Waals surface area contributed by atoms with Crippen LogP contribution in [0.2, 0.25) is 0 Å². The third kappa shape index (κ3) is 3.17. The fourth-order valence-corrected chi connectivity index (χ4v) is 2.24. The second kappa shape index (κ2) is 6.02. The lowest BCUT2D eigenvalue weighted by Gasteiger charge is -2.10. The zero-order valence-corrected chi connectivity index (χ0v) is 12.9. The molecule has 0 fully saturated rings. The molecule has 4 nitrogen and oxygen atoms in total. The zero-order chi connectivity index (χ0) is 15.5. The summed E-state index contributed by atoms with van der Waals surface area (Å²) >= 11 is 0. The fraction of sp³-hybridized carbons (Fsp3) is 0.222. The van der Waals surface area contributed by atoms with Crippen molar-refractivity contribution in [3.05, 3.63) is 65.5 Å². The van der Waals surface area contributed by atoms with Crippen LogP contribution in [0.5, 0.6) is 5.75 Å². The van der Waals surface area contributed by atoms with Crippen LogP contribution in [0.1, 0.15) is 30.0 Å². The number of aromatic nitrogens is 2. The van der Waals surface area contributed by atoms with Crippen molar-refractivity contribution in [3.8, 4) is 17.1 Å². The first-order valence-electron chi connectivity index (χ1n) is 7.26. The van der Waals surface area contributed by atoms with Gasteiger partial charge in [0.2, 0.25) is 5.82 Å². The molecule has 0 saturated carbocycles. The number of hydrogen-bond acceptors (Lipinski definition) is 4. The van der Waals surface area contributed by atoms with Crippen LogP contribution >= 0.6 is 0 Å². The highest BCUT2D eigenvalue weighted by Crippen LogP contribution is 2.24. The molecule has 1 aromatic heterocycles. The van der Waals surface area contributed by atoms with Crippen LogP contribution in [0, 0.1) is 13.8 Å². The quantitative estimate of drug-likeness (QED) is 0.711. The molecule has 4 heteroatoms. The highest BCUT2D eigenvalue weighted by molar-refractivity contribution is 5.55. The molecule has 0 N–H and O–H groups in total. The van der Waals surface area contributed by atoms with Crippen LogP contribution in [0.3, 0.4) is 0 Å². The third-order valence-electron chi connectivity index (χ3n) is 3.37. The van der Waals surface area contributed by atoms with Crippen molar-refractivity contribution in [1.82, 2.24) is 10.1 Å². The van der Waals surface area contributed by atoms with E-state index in [4.69, 9.17) is 9.26 Å². The molecular formula is C18H18N2O2. The summed E-state index contributed by atoms with van der Waals surface area (Å²) in [6.45, 7) is 5.96. The van der Waals surface area contributed by atoms with Gasteiger partial charge in [0.05, 0.1) is 0 Å². The molecule has 0 spiro atoms. The van der Waals surface area contributed by atoms with E-state index in [0.717, 1.165) is 22.4 Å². The second-order valence-corrected chi connectivity index (χ2v) is 5.40. The van der Waals surface area contributed by atoms with Crippen LogP contribution in [-0.4, -0.2) is 10.1 Å². The first-order chi connectivity index (χ1) is 10.6. The predicted octanol–water partition coefficient (Wildman–Crippen LogP) is 4.49. The number of aryl methyl sites for hydroxylation is 2.